The summed E-state index contributed by atoms with van der Waals surface area (Å²) in [5, 5.41) is 0. The summed E-state index contributed by atoms with van der Waals surface area (Å²) in [6.07, 6.45) is 0. The maximum atomic E-state index is 5.78. The van der Waals surface area contributed by atoms with Gasteiger partial charge in [0.1, 0.15) is 0 Å². The van der Waals surface area contributed by atoms with Gasteiger partial charge in [0.25, 0.3) is 0 Å². The van der Waals surface area contributed by atoms with Crippen molar-refractivity contribution in [3.05, 3.63) is 12.1 Å². The molecule has 0 saturated heterocycles. The Balaban J connectivity index is 2.02. The molecule has 2 heterocycles. The molecule has 0 fully saturated rings. The Bertz CT molecular complexity index is 392. The van der Waals surface area contributed by atoms with Crippen LogP contribution >= 0.6 is 0 Å². The Morgan fingerprint density at radius 1 is 0.625 bits per heavy atom. The van der Waals surface area contributed by atoms with Crippen LogP contribution in [0.25, 0.3) is 0 Å². The van der Waals surface area contributed by atoms with Crippen LogP contribution in [-0.4, -0.2) is 17.1 Å². The molecule has 4 nitrogen and oxygen atoms in total. The van der Waals surface area contributed by atoms with E-state index in [-0.39, 0.29) is 0 Å². The molecular weight excluding hydrogens is 240 g/mol. The molecule has 0 unspecified atom stereocenters. The average Bonchev–Trinajstić information content (AvgIpc) is 2.51. The molecule has 0 aliphatic carbocycles. The molecule has 2 aliphatic heterocycles. The molecule has 1 aromatic rings. The first-order chi connectivity index (χ1) is 7.35. The minimum Gasteiger partial charge on any atom is -0.509 e. The van der Waals surface area contributed by atoms with Crippen molar-refractivity contribution in [2.45, 2.75) is 26.2 Å². The van der Waals surface area contributed by atoms with Crippen LogP contribution in [0.4, 0.5) is 0 Å². The molecule has 2 aliphatic rings. The van der Waals surface area contributed by atoms with Crippen molar-refractivity contribution < 1.29 is 17.7 Å². The maximum absolute atomic E-state index is 5.78. The van der Waals surface area contributed by atoms with Gasteiger partial charge in [-0.05, 0) is 0 Å². The molecule has 0 atom stereocenters. The zero-order chi connectivity index (χ0) is 11.6. The van der Waals surface area contributed by atoms with E-state index in [0.717, 1.165) is 23.0 Å². The number of rotatable bonds is 0. The largest absolute Gasteiger partial charge is 0.509 e. The van der Waals surface area contributed by atoms with Crippen molar-refractivity contribution in [3.63, 3.8) is 0 Å². The van der Waals surface area contributed by atoms with Crippen LogP contribution < -0.4 is 17.7 Å². The molecular formula is C10H14O4Si2. The Hall–Kier alpha value is -1.15. The molecule has 6 heteroatoms. The summed E-state index contributed by atoms with van der Waals surface area (Å²) in [6, 6.07) is 3.77. The second-order valence-electron chi connectivity index (χ2n) is 4.95. The van der Waals surface area contributed by atoms with Gasteiger partial charge in [0.2, 0.25) is 0 Å². The smallest absolute Gasteiger partial charge is 0.454 e. The first-order valence-corrected chi connectivity index (χ1v) is 10.9. The highest BCUT2D eigenvalue weighted by molar-refractivity contribution is 6.67. The van der Waals surface area contributed by atoms with Gasteiger partial charge in [-0.1, -0.05) is 0 Å². The maximum Gasteiger partial charge on any atom is 0.454 e. The first kappa shape index (κ1) is 10.0. The van der Waals surface area contributed by atoms with E-state index in [4.69, 9.17) is 17.7 Å². The topological polar surface area (TPSA) is 36.9 Å². The summed E-state index contributed by atoms with van der Waals surface area (Å²) in [4.78, 5) is 0. The molecule has 0 radical (unpaired) electrons. The second kappa shape index (κ2) is 2.75. The summed E-state index contributed by atoms with van der Waals surface area (Å²) in [7, 11) is -4.03. The first-order valence-electron chi connectivity index (χ1n) is 5.29. The van der Waals surface area contributed by atoms with Gasteiger partial charge >= 0.3 is 17.1 Å². The molecule has 0 saturated carbocycles. The fourth-order valence-electron chi connectivity index (χ4n) is 1.94. The Morgan fingerprint density at radius 3 is 1.12 bits per heavy atom. The van der Waals surface area contributed by atoms with Gasteiger partial charge in [-0.2, -0.15) is 0 Å². The number of hydrogen-bond acceptors (Lipinski definition) is 4. The summed E-state index contributed by atoms with van der Waals surface area (Å²) in [6.45, 7) is 8.05. The Kier molecular flexibility index (Phi) is 1.72. The van der Waals surface area contributed by atoms with Gasteiger partial charge in [-0.15, -0.1) is 0 Å². The summed E-state index contributed by atoms with van der Waals surface area (Å²) in [5.74, 6) is 3.13. The van der Waals surface area contributed by atoms with Gasteiger partial charge in [0, 0.05) is 38.3 Å². The highest BCUT2D eigenvalue weighted by Crippen LogP contribution is 2.48. The van der Waals surface area contributed by atoms with Crippen molar-refractivity contribution in [1.82, 2.24) is 0 Å². The lowest BCUT2D eigenvalue weighted by Gasteiger charge is -2.13. The number of hydrogen-bond donors (Lipinski definition) is 0. The molecule has 3 rings (SSSR count). The SMILES string of the molecule is C[Si]1(C)Oc2cc3c(cc2O1)O[Si](C)(C)O3. The predicted octanol–water partition coefficient (Wildman–Crippen LogP) is 2.63. The lowest BCUT2D eigenvalue weighted by atomic mass is 10.3. The molecule has 0 spiro atoms. The van der Waals surface area contributed by atoms with Gasteiger partial charge in [0.05, 0.1) is 0 Å². The van der Waals surface area contributed by atoms with Gasteiger partial charge in [-0.3, -0.25) is 0 Å². The van der Waals surface area contributed by atoms with E-state index in [1.54, 1.807) is 0 Å². The van der Waals surface area contributed by atoms with E-state index in [0.29, 0.717) is 0 Å². The normalized spacial score (nSPS) is 22.2. The third-order valence-electron chi connectivity index (χ3n) is 2.43. The lowest BCUT2D eigenvalue weighted by Crippen LogP contribution is -2.37. The fraction of sp³-hybridized carbons (Fsp3) is 0.400. The van der Waals surface area contributed by atoms with E-state index >= 15 is 0 Å². The van der Waals surface area contributed by atoms with Crippen molar-refractivity contribution in [2.75, 3.05) is 0 Å². The number of benzene rings is 1. The summed E-state index contributed by atoms with van der Waals surface area (Å²) in [5.41, 5.74) is 0. The van der Waals surface area contributed by atoms with Crippen molar-refractivity contribution >= 4 is 17.1 Å². The molecule has 16 heavy (non-hydrogen) atoms. The quantitative estimate of drug-likeness (QED) is 0.667. The lowest BCUT2D eigenvalue weighted by molar-refractivity contribution is 0.463. The zero-order valence-corrected chi connectivity index (χ0v) is 11.8. The van der Waals surface area contributed by atoms with E-state index in [1.165, 1.54) is 0 Å². The van der Waals surface area contributed by atoms with Crippen LogP contribution in [-0.2, 0) is 0 Å². The highest BCUT2D eigenvalue weighted by Gasteiger charge is 2.42. The Morgan fingerprint density at radius 2 is 0.875 bits per heavy atom. The van der Waals surface area contributed by atoms with E-state index < -0.39 is 17.1 Å². The number of fused-ring (bicyclic) bond motifs is 2. The molecule has 0 N–H and O–H groups in total. The summed E-state index contributed by atoms with van der Waals surface area (Å²) >= 11 is 0. The monoisotopic (exact) mass is 254 g/mol. The zero-order valence-electron chi connectivity index (χ0n) is 9.79. The molecule has 86 valence electrons. The van der Waals surface area contributed by atoms with Crippen molar-refractivity contribution in [3.8, 4) is 23.0 Å². The van der Waals surface area contributed by atoms with Crippen LogP contribution in [0.2, 0.25) is 26.2 Å². The third-order valence-corrected chi connectivity index (χ3v) is 5.28. The molecule has 0 amide bonds. The van der Waals surface area contributed by atoms with E-state index in [9.17, 15) is 0 Å². The fourth-order valence-corrected chi connectivity index (χ4v) is 4.78. The highest BCUT2D eigenvalue weighted by atomic mass is 28.4. The van der Waals surface area contributed by atoms with Crippen LogP contribution in [0.5, 0.6) is 23.0 Å². The van der Waals surface area contributed by atoms with Crippen LogP contribution in [0.15, 0.2) is 12.1 Å². The Labute approximate surface area is 96.6 Å². The molecule has 1 aromatic carbocycles. The average molecular weight is 254 g/mol. The third kappa shape index (κ3) is 1.49. The second-order valence-corrected chi connectivity index (χ2v) is 11.4. The minimum atomic E-state index is -2.01. The van der Waals surface area contributed by atoms with Crippen LogP contribution in [0.3, 0.4) is 0 Å². The molecule has 0 aromatic heterocycles. The van der Waals surface area contributed by atoms with Gasteiger partial charge in [0.15, 0.2) is 23.0 Å². The van der Waals surface area contributed by atoms with Crippen LogP contribution in [0.1, 0.15) is 0 Å². The van der Waals surface area contributed by atoms with Crippen molar-refractivity contribution in [1.29, 1.82) is 0 Å². The van der Waals surface area contributed by atoms with Gasteiger partial charge < -0.3 is 17.7 Å². The van der Waals surface area contributed by atoms with Gasteiger partial charge in [-0.25, -0.2) is 0 Å². The molecule has 0 bridgehead atoms. The predicted molar refractivity (Wildman–Crippen MR) is 63.9 cm³/mol. The van der Waals surface area contributed by atoms with E-state index in [2.05, 4.69) is 0 Å². The standard InChI is InChI=1S/C10H14O4Si2/c1-15(2)11-7-5-9-10(6-8(7)12-15)14-16(3,4)13-9/h5-6H,1-4H3. The summed E-state index contributed by atoms with van der Waals surface area (Å²) < 4.78 is 23.1. The van der Waals surface area contributed by atoms with Crippen LogP contribution in [0, 0.1) is 0 Å². The minimum absolute atomic E-state index is 0.783. The van der Waals surface area contributed by atoms with E-state index in [1.807, 2.05) is 38.3 Å². The van der Waals surface area contributed by atoms with Crippen molar-refractivity contribution in [2.24, 2.45) is 0 Å².